The van der Waals surface area contributed by atoms with Crippen LogP contribution in [0, 0.1) is 6.92 Å². The molecule has 7 heteroatoms. The molecule has 1 N–H and O–H groups in total. The minimum absolute atomic E-state index is 0.150. The third-order valence-corrected chi connectivity index (χ3v) is 6.34. The van der Waals surface area contributed by atoms with Crippen LogP contribution in [0.15, 0.2) is 81.7 Å². The predicted octanol–water partition coefficient (Wildman–Crippen LogP) is 3.50. The Balaban J connectivity index is 2.07. The number of hydrogen-bond donors (Lipinski definition) is 1. The Hall–Kier alpha value is -3.19. The van der Waals surface area contributed by atoms with E-state index in [0.29, 0.717) is 17.7 Å². The molecule has 156 valence electrons. The Bertz CT molecular complexity index is 1240. The minimum Gasteiger partial charge on any atom is -0.411 e. The third kappa shape index (κ3) is 4.68. The molecule has 1 atom stereocenters. The third-order valence-electron chi connectivity index (χ3n) is 5.21. The van der Waals surface area contributed by atoms with Crippen LogP contribution in [0.5, 0.6) is 0 Å². The molecule has 0 aliphatic carbocycles. The topological polar surface area (TPSA) is 88.7 Å². The number of sulfone groups is 1. The summed E-state index contributed by atoms with van der Waals surface area (Å²) in [7, 11) is -1.65. The van der Waals surface area contributed by atoms with Crippen molar-refractivity contribution in [2.24, 2.45) is 12.2 Å². The van der Waals surface area contributed by atoms with Crippen molar-refractivity contribution in [3.63, 3.8) is 0 Å². The van der Waals surface area contributed by atoms with Gasteiger partial charge in [0, 0.05) is 43.5 Å². The van der Waals surface area contributed by atoms with E-state index in [2.05, 4.69) is 5.16 Å². The number of benzene rings is 2. The lowest BCUT2D eigenvalue weighted by molar-refractivity contribution is 0.317. The summed E-state index contributed by atoms with van der Waals surface area (Å²) < 4.78 is 25.1. The Morgan fingerprint density at radius 2 is 1.73 bits per heavy atom. The molecule has 6 nitrogen and oxygen atoms in total. The summed E-state index contributed by atoms with van der Waals surface area (Å²) >= 11 is 0. The summed E-state index contributed by atoms with van der Waals surface area (Å²) in [6.45, 7) is 2.01. The normalized spacial score (nSPS) is 13.2. The van der Waals surface area contributed by atoms with Gasteiger partial charge in [0.2, 0.25) is 5.56 Å². The second-order valence-electron chi connectivity index (χ2n) is 7.37. The van der Waals surface area contributed by atoms with Gasteiger partial charge in [-0.25, -0.2) is 8.42 Å². The monoisotopic (exact) mass is 424 g/mol. The molecule has 3 aromatic rings. The van der Waals surface area contributed by atoms with E-state index >= 15 is 0 Å². The van der Waals surface area contributed by atoms with E-state index < -0.39 is 9.84 Å². The van der Waals surface area contributed by atoms with Gasteiger partial charge in [-0.1, -0.05) is 41.6 Å². The SMILES string of the molecule is Cc1ccccc1[C@@H](C/C(=N/O)c1ccc(=O)n(C)c1)c1ccc(S(C)(=O)=O)cc1. The largest absolute Gasteiger partial charge is 0.411 e. The first-order chi connectivity index (χ1) is 14.2. The average molecular weight is 425 g/mol. The van der Waals surface area contributed by atoms with Gasteiger partial charge < -0.3 is 9.77 Å². The zero-order chi connectivity index (χ0) is 21.9. The molecule has 0 bridgehead atoms. The van der Waals surface area contributed by atoms with Gasteiger partial charge in [-0.2, -0.15) is 0 Å². The van der Waals surface area contributed by atoms with E-state index in [4.69, 9.17) is 0 Å². The van der Waals surface area contributed by atoms with Gasteiger partial charge >= 0.3 is 0 Å². The van der Waals surface area contributed by atoms with E-state index in [1.165, 1.54) is 16.9 Å². The molecule has 30 heavy (non-hydrogen) atoms. The summed E-state index contributed by atoms with van der Waals surface area (Å²) in [6, 6.07) is 17.8. The van der Waals surface area contributed by atoms with Crippen LogP contribution >= 0.6 is 0 Å². The van der Waals surface area contributed by atoms with E-state index in [9.17, 15) is 18.4 Å². The van der Waals surface area contributed by atoms with Gasteiger partial charge in [0.15, 0.2) is 9.84 Å². The summed E-state index contributed by atoms with van der Waals surface area (Å²) in [5.41, 5.74) is 3.96. The number of hydrogen-bond acceptors (Lipinski definition) is 5. The zero-order valence-corrected chi connectivity index (χ0v) is 17.9. The lowest BCUT2D eigenvalue weighted by Gasteiger charge is -2.21. The molecule has 1 aromatic heterocycles. The van der Waals surface area contributed by atoms with Crippen LogP contribution < -0.4 is 5.56 Å². The number of nitrogens with zero attached hydrogens (tertiary/aromatic N) is 2. The molecule has 0 aliphatic rings. The highest BCUT2D eigenvalue weighted by Crippen LogP contribution is 2.32. The fraction of sp³-hybridized carbons (Fsp3) is 0.217. The van der Waals surface area contributed by atoms with Crippen molar-refractivity contribution in [1.82, 2.24) is 4.57 Å². The van der Waals surface area contributed by atoms with Gasteiger partial charge in [-0.05, 0) is 41.8 Å². The number of rotatable bonds is 6. The lowest BCUT2D eigenvalue weighted by atomic mass is 9.83. The standard InChI is InChI=1S/C23H24N2O4S/c1-16-6-4-5-7-20(16)21(17-8-11-19(12-9-17)30(3,28)29)14-22(24-27)18-10-13-23(26)25(2)15-18/h4-13,15,21,27H,14H2,1-3H3/b24-22-/t21-/m0/s1. The summed E-state index contributed by atoms with van der Waals surface area (Å²) in [5.74, 6) is -0.164. The van der Waals surface area contributed by atoms with Gasteiger partial charge in [-0.3, -0.25) is 4.79 Å². The second kappa shape index (κ2) is 8.67. The molecule has 0 saturated carbocycles. The van der Waals surface area contributed by atoms with Crippen LogP contribution in [-0.4, -0.2) is 30.2 Å². The molecule has 0 radical (unpaired) electrons. The molecule has 3 rings (SSSR count). The molecule has 2 aromatic carbocycles. The van der Waals surface area contributed by atoms with Crippen LogP contribution in [0.2, 0.25) is 0 Å². The smallest absolute Gasteiger partial charge is 0.250 e. The van der Waals surface area contributed by atoms with Crippen molar-refractivity contribution in [2.45, 2.75) is 24.2 Å². The number of aromatic nitrogens is 1. The minimum atomic E-state index is -3.29. The quantitative estimate of drug-likeness (QED) is 0.373. The fourth-order valence-electron chi connectivity index (χ4n) is 3.51. The summed E-state index contributed by atoms with van der Waals surface area (Å²) in [6.07, 6.45) is 3.19. The Labute approximate surface area is 176 Å². The summed E-state index contributed by atoms with van der Waals surface area (Å²) in [5, 5.41) is 13.2. The molecular formula is C23H24N2O4S. The molecule has 0 saturated heterocycles. The van der Waals surface area contributed by atoms with E-state index in [-0.39, 0.29) is 16.4 Å². The molecular weight excluding hydrogens is 400 g/mol. The summed E-state index contributed by atoms with van der Waals surface area (Å²) in [4.78, 5) is 12.0. The van der Waals surface area contributed by atoms with Crippen LogP contribution in [0.3, 0.4) is 0 Å². The predicted molar refractivity (Wildman–Crippen MR) is 117 cm³/mol. The maximum atomic E-state index is 11.8. The van der Waals surface area contributed by atoms with Crippen LogP contribution in [0.1, 0.15) is 34.6 Å². The first kappa shape index (κ1) is 21.5. The Morgan fingerprint density at radius 3 is 2.30 bits per heavy atom. The highest BCUT2D eigenvalue weighted by atomic mass is 32.2. The van der Waals surface area contributed by atoms with Crippen molar-refractivity contribution in [1.29, 1.82) is 0 Å². The highest BCUT2D eigenvalue weighted by Gasteiger charge is 2.21. The molecule has 0 aliphatic heterocycles. The Kier molecular flexibility index (Phi) is 6.22. The number of aryl methyl sites for hydroxylation is 2. The maximum absolute atomic E-state index is 11.8. The van der Waals surface area contributed by atoms with E-state index in [0.717, 1.165) is 16.7 Å². The maximum Gasteiger partial charge on any atom is 0.250 e. The molecule has 0 unspecified atom stereocenters. The van der Waals surface area contributed by atoms with Gasteiger partial charge in [0.05, 0.1) is 10.6 Å². The van der Waals surface area contributed by atoms with Crippen LogP contribution in [-0.2, 0) is 16.9 Å². The molecule has 0 amide bonds. The van der Waals surface area contributed by atoms with Crippen molar-refractivity contribution in [3.8, 4) is 0 Å². The van der Waals surface area contributed by atoms with Gasteiger partial charge in [0.1, 0.15) is 0 Å². The number of pyridine rings is 1. The van der Waals surface area contributed by atoms with Crippen LogP contribution in [0.25, 0.3) is 0 Å². The van der Waals surface area contributed by atoms with Crippen molar-refractivity contribution in [2.75, 3.05) is 6.26 Å². The van der Waals surface area contributed by atoms with Crippen molar-refractivity contribution >= 4 is 15.5 Å². The van der Waals surface area contributed by atoms with Gasteiger partial charge in [-0.15, -0.1) is 0 Å². The number of oxime groups is 1. The van der Waals surface area contributed by atoms with E-state index in [1.54, 1.807) is 43.6 Å². The van der Waals surface area contributed by atoms with E-state index in [1.807, 2.05) is 31.2 Å². The van der Waals surface area contributed by atoms with Gasteiger partial charge in [0.25, 0.3) is 0 Å². The lowest BCUT2D eigenvalue weighted by Crippen LogP contribution is -2.18. The second-order valence-corrected chi connectivity index (χ2v) is 9.38. The average Bonchev–Trinajstić information content (AvgIpc) is 2.71. The molecule has 0 spiro atoms. The van der Waals surface area contributed by atoms with Crippen LogP contribution in [0.4, 0.5) is 0 Å². The molecule has 0 fully saturated rings. The van der Waals surface area contributed by atoms with Crippen molar-refractivity contribution in [3.05, 3.63) is 99.5 Å². The zero-order valence-electron chi connectivity index (χ0n) is 17.1. The molecule has 1 heterocycles. The Morgan fingerprint density at radius 1 is 1.07 bits per heavy atom. The first-order valence-corrected chi connectivity index (χ1v) is 11.3. The first-order valence-electron chi connectivity index (χ1n) is 9.44. The highest BCUT2D eigenvalue weighted by molar-refractivity contribution is 7.90. The van der Waals surface area contributed by atoms with Crippen molar-refractivity contribution < 1.29 is 13.6 Å². The fourth-order valence-corrected chi connectivity index (χ4v) is 4.14.